The maximum atomic E-state index is 10.4. The van der Waals surface area contributed by atoms with Crippen LogP contribution in [0, 0.1) is 0 Å². The molecule has 16 nitrogen and oxygen atoms in total. The molecule has 3 saturated heterocycles. The number of hydrogen-bond acceptors (Lipinski definition) is 16. The molecule has 3 fully saturated rings. The monoisotopic (exact) mass is 504 g/mol. The summed E-state index contributed by atoms with van der Waals surface area (Å²) in [5.74, 6) is -2.11. The Balaban J connectivity index is 1.75. The number of aliphatic hydroxyl groups is 11. The van der Waals surface area contributed by atoms with Crippen LogP contribution in [0.15, 0.2) is 0 Å². The minimum Gasteiger partial charge on any atom is -0.394 e. The maximum Gasteiger partial charge on any atom is 0.197 e. The molecular formula is C18H32O16. The van der Waals surface area contributed by atoms with Gasteiger partial charge in [-0.05, 0) is 6.92 Å². The summed E-state index contributed by atoms with van der Waals surface area (Å²) in [5.41, 5.74) is 0. The second-order valence-corrected chi connectivity index (χ2v) is 8.61. The lowest BCUT2D eigenvalue weighted by atomic mass is 9.96. The van der Waals surface area contributed by atoms with Crippen LogP contribution in [0.1, 0.15) is 6.92 Å². The van der Waals surface area contributed by atoms with Crippen molar-refractivity contribution in [2.24, 2.45) is 0 Å². The van der Waals surface area contributed by atoms with E-state index in [1.807, 2.05) is 0 Å². The van der Waals surface area contributed by atoms with Gasteiger partial charge in [0.1, 0.15) is 67.1 Å². The topological polar surface area (TPSA) is 269 Å². The van der Waals surface area contributed by atoms with Crippen molar-refractivity contribution in [1.29, 1.82) is 0 Å². The number of ether oxygens (including phenoxy) is 5. The molecule has 3 rings (SSSR count). The average molecular weight is 504 g/mol. The normalized spacial score (nSPS) is 54.7. The van der Waals surface area contributed by atoms with E-state index in [0.29, 0.717) is 0 Å². The van der Waals surface area contributed by atoms with Gasteiger partial charge in [0.05, 0.1) is 13.2 Å². The van der Waals surface area contributed by atoms with Crippen molar-refractivity contribution in [3.05, 3.63) is 0 Å². The van der Waals surface area contributed by atoms with E-state index in [-0.39, 0.29) is 0 Å². The molecule has 3 aliphatic heterocycles. The van der Waals surface area contributed by atoms with Crippen LogP contribution in [0.25, 0.3) is 0 Å². The summed E-state index contributed by atoms with van der Waals surface area (Å²) >= 11 is 0. The van der Waals surface area contributed by atoms with Crippen molar-refractivity contribution < 1.29 is 79.9 Å². The van der Waals surface area contributed by atoms with Gasteiger partial charge in [0, 0.05) is 0 Å². The van der Waals surface area contributed by atoms with E-state index < -0.39 is 105 Å². The van der Waals surface area contributed by atoms with Crippen molar-refractivity contribution in [3.8, 4) is 0 Å². The maximum absolute atomic E-state index is 10.4. The molecule has 3 aliphatic rings. The average Bonchev–Trinajstić information content (AvgIpc) is 2.80. The number of rotatable bonds is 6. The molecule has 0 bridgehead atoms. The smallest absolute Gasteiger partial charge is 0.197 e. The Bertz CT molecular complexity index is 668. The van der Waals surface area contributed by atoms with E-state index in [4.69, 9.17) is 23.7 Å². The van der Waals surface area contributed by atoms with Crippen molar-refractivity contribution in [2.75, 3.05) is 13.2 Å². The summed E-state index contributed by atoms with van der Waals surface area (Å²) in [6.45, 7) is -0.313. The Morgan fingerprint density at radius 3 is 1.91 bits per heavy atom. The predicted molar refractivity (Wildman–Crippen MR) is 101 cm³/mol. The summed E-state index contributed by atoms with van der Waals surface area (Å²) < 4.78 is 26.4. The van der Waals surface area contributed by atoms with E-state index in [0.717, 1.165) is 6.92 Å². The first-order valence-corrected chi connectivity index (χ1v) is 10.5. The first-order chi connectivity index (χ1) is 15.8. The molecule has 0 aliphatic carbocycles. The molecule has 200 valence electrons. The van der Waals surface area contributed by atoms with Crippen LogP contribution >= 0.6 is 0 Å². The zero-order chi connectivity index (χ0) is 25.5. The van der Waals surface area contributed by atoms with Crippen molar-refractivity contribution in [3.63, 3.8) is 0 Å². The molecule has 0 aromatic carbocycles. The molecule has 0 saturated carbocycles. The highest BCUT2D eigenvalue weighted by atomic mass is 16.8. The van der Waals surface area contributed by atoms with Crippen molar-refractivity contribution >= 4 is 0 Å². The molecule has 11 N–H and O–H groups in total. The molecule has 0 radical (unpaired) electrons. The van der Waals surface area contributed by atoms with Gasteiger partial charge >= 0.3 is 0 Å². The SMILES string of the molecule is C[C@@]1(OC[C@H]2OC(O)C(O)[C@@H](O)[C@@H]2O[C@@H]2O[C@H](CO)[C@H](O)[C@H](O)[C@H]2O)OC(O)[C@@H](O)[C@H](O)[C@@H]1O. The molecular weight excluding hydrogens is 472 g/mol. The zero-order valence-corrected chi connectivity index (χ0v) is 18.0. The molecule has 34 heavy (non-hydrogen) atoms. The van der Waals surface area contributed by atoms with Crippen molar-refractivity contribution in [2.45, 2.75) is 98.7 Å². The van der Waals surface area contributed by atoms with Crippen LogP contribution in [0.5, 0.6) is 0 Å². The molecule has 0 spiro atoms. The Labute approximate surface area is 192 Å². The minimum atomic E-state index is -2.11. The molecule has 3 heterocycles. The quantitative estimate of drug-likeness (QED) is 0.160. The van der Waals surface area contributed by atoms with Gasteiger partial charge in [-0.3, -0.25) is 0 Å². The van der Waals surface area contributed by atoms with Crippen LogP contribution < -0.4 is 0 Å². The standard InChI is InChI=1S/C18H32O16/c1-18(14(27)9(23)11(25)16(29)34-18)30-3-5-13(8(22)10(24)15(28)31-5)33-17-12(26)7(21)6(20)4(2-19)32-17/h4-17,19-29H,2-3H2,1H3/t4-,5-,6+,7+,8-,9+,10?,11+,12-,13-,14+,15?,16?,17+,18-/m1/s1. The lowest BCUT2D eigenvalue weighted by Crippen LogP contribution is -2.66. The molecule has 0 amide bonds. The second-order valence-electron chi connectivity index (χ2n) is 8.61. The van der Waals surface area contributed by atoms with E-state index in [9.17, 15) is 56.2 Å². The van der Waals surface area contributed by atoms with Gasteiger partial charge in [0.15, 0.2) is 24.7 Å². The molecule has 0 aromatic heterocycles. The zero-order valence-electron chi connectivity index (χ0n) is 18.0. The third-order valence-corrected chi connectivity index (χ3v) is 6.19. The molecule has 15 atom stereocenters. The molecule has 3 unspecified atom stereocenters. The molecule has 0 aromatic rings. The second kappa shape index (κ2) is 10.8. The third kappa shape index (κ3) is 5.23. The van der Waals surface area contributed by atoms with Gasteiger partial charge in [-0.25, -0.2) is 0 Å². The van der Waals surface area contributed by atoms with E-state index in [1.54, 1.807) is 0 Å². The highest BCUT2D eigenvalue weighted by Gasteiger charge is 2.54. The van der Waals surface area contributed by atoms with E-state index in [1.165, 1.54) is 0 Å². The molecule has 16 heteroatoms. The van der Waals surface area contributed by atoms with Crippen LogP contribution in [-0.4, -0.2) is 161 Å². The van der Waals surface area contributed by atoms with Gasteiger partial charge in [0.25, 0.3) is 0 Å². The highest BCUT2D eigenvalue weighted by Crippen LogP contribution is 2.33. The summed E-state index contributed by atoms with van der Waals surface area (Å²) in [6.07, 6.45) is -24.7. The lowest BCUT2D eigenvalue weighted by Gasteiger charge is -2.47. The first-order valence-electron chi connectivity index (χ1n) is 10.5. The first kappa shape index (κ1) is 27.9. The fourth-order valence-electron chi connectivity index (χ4n) is 3.97. The minimum absolute atomic E-state index is 0.675. The fraction of sp³-hybridized carbons (Fsp3) is 1.00. The lowest BCUT2D eigenvalue weighted by molar-refractivity contribution is -0.401. The Hall–Kier alpha value is -0.640. The van der Waals surface area contributed by atoms with Gasteiger partial charge in [-0.1, -0.05) is 0 Å². The largest absolute Gasteiger partial charge is 0.394 e. The van der Waals surface area contributed by atoms with Crippen LogP contribution in [0.3, 0.4) is 0 Å². The van der Waals surface area contributed by atoms with E-state index >= 15 is 0 Å². The van der Waals surface area contributed by atoms with Crippen LogP contribution in [-0.2, 0) is 23.7 Å². The van der Waals surface area contributed by atoms with Gasteiger partial charge < -0.3 is 79.9 Å². The van der Waals surface area contributed by atoms with Crippen LogP contribution in [0.2, 0.25) is 0 Å². The summed E-state index contributed by atoms with van der Waals surface area (Å²) in [7, 11) is 0. The Morgan fingerprint density at radius 1 is 0.676 bits per heavy atom. The van der Waals surface area contributed by atoms with Gasteiger partial charge in [-0.2, -0.15) is 0 Å². The van der Waals surface area contributed by atoms with Crippen molar-refractivity contribution in [1.82, 2.24) is 0 Å². The number of aliphatic hydroxyl groups excluding tert-OH is 11. The summed E-state index contributed by atoms with van der Waals surface area (Å²) in [6, 6.07) is 0. The predicted octanol–water partition coefficient (Wildman–Crippen LogP) is -7.23. The number of hydrogen-bond donors (Lipinski definition) is 11. The fourth-order valence-corrected chi connectivity index (χ4v) is 3.97. The summed E-state index contributed by atoms with van der Waals surface area (Å²) in [4.78, 5) is 0. The third-order valence-electron chi connectivity index (χ3n) is 6.19. The summed E-state index contributed by atoms with van der Waals surface area (Å²) in [5, 5.41) is 109. The van der Waals surface area contributed by atoms with Gasteiger partial charge in [0.2, 0.25) is 0 Å². The highest BCUT2D eigenvalue weighted by molar-refractivity contribution is 4.96. The Morgan fingerprint density at radius 2 is 1.29 bits per heavy atom. The van der Waals surface area contributed by atoms with E-state index in [2.05, 4.69) is 0 Å². The van der Waals surface area contributed by atoms with Crippen LogP contribution in [0.4, 0.5) is 0 Å². The van der Waals surface area contributed by atoms with Gasteiger partial charge in [-0.15, -0.1) is 0 Å². The Kier molecular flexibility index (Phi) is 8.85.